The Balaban J connectivity index is 2.75. The number of rotatable bonds is 2. The van der Waals surface area contributed by atoms with Gasteiger partial charge in [0.15, 0.2) is 0 Å². The lowest BCUT2D eigenvalue weighted by Crippen LogP contribution is -2.04. The van der Waals surface area contributed by atoms with Gasteiger partial charge >= 0.3 is 0 Å². The maximum Gasteiger partial charge on any atom is 0.0639 e. The average Bonchev–Trinajstić information content (AvgIpc) is 1.65. The maximum atomic E-state index is 4.85. The smallest absolute Gasteiger partial charge is 0.0639 e. The molecule has 0 heterocycles. The van der Waals surface area contributed by atoms with Gasteiger partial charge in [-0.2, -0.15) is 0 Å². The first kappa shape index (κ1) is 6.44. The fraction of sp³-hybridized carbons (Fsp3) is 1.00. The van der Waals surface area contributed by atoms with Crippen LogP contribution in [0, 0.1) is 0 Å². The van der Waals surface area contributed by atoms with Crippen LogP contribution in [0.2, 0.25) is 0 Å². The average molecular weight is 153 g/mol. The van der Waals surface area contributed by atoms with Gasteiger partial charge in [0.05, 0.1) is 6.10 Å². The van der Waals surface area contributed by atoms with E-state index in [1.165, 1.54) is 0 Å². The van der Waals surface area contributed by atoms with E-state index in [1.807, 2.05) is 6.92 Å². The number of alkyl halides is 1. The van der Waals surface area contributed by atoms with Crippen LogP contribution in [0.1, 0.15) is 6.92 Å². The molecule has 0 rings (SSSR count). The van der Waals surface area contributed by atoms with Crippen LogP contribution in [0.4, 0.5) is 0 Å². The molecule has 0 aromatic heterocycles. The molecule has 0 aliphatic rings. The third kappa shape index (κ3) is 2.67. The highest BCUT2D eigenvalue weighted by atomic mass is 79.9. The molecule has 1 atom stereocenters. The molecule has 0 bridgehead atoms. The zero-order valence-corrected chi connectivity index (χ0v) is 5.66. The second-order valence-corrected chi connectivity index (χ2v) is 1.85. The van der Waals surface area contributed by atoms with Gasteiger partial charge in [0, 0.05) is 12.4 Å². The van der Waals surface area contributed by atoms with Crippen molar-refractivity contribution in [2.75, 3.05) is 12.4 Å². The lowest BCUT2D eigenvalue weighted by Gasteiger charge is -2.00. The Morgan fingerprint density at radius 1 is 1.83 bits per heavy atom. The van der Waals surface area contributed by atoms with Gasteiger partial charge in [0.25, 0.3) is 0 Å². The second kappa shape index (κ2) is 3.62. The van der Waals surface area contributed by atoms with Crippen LogP contribution < -0.4 is 0 Å². The van der Waals surface area contributed by atoms with Crippen LogP contribution in [0.15, 0.2) is 0 Å². The lowest BCUT2D eigenvalue weighted by atomic mass is 10.5. The van der Waals surface area contributed by atoms with Gasteiger partial charge in [-0.25, -0.2) is 0 Å². The third-order valence-electron chi connectivity index (χ3n) is 0.620. The normalized spacial score (nSPS) is 14.5. The molecule has 0 fully saturated rings. The summed E-state index contributed by atoms with van der Waals surface area (Å²) < 4.78 is 4.85. The zero-order valence-electron chi connectivity index (χ0n) is 4.07. The Morgan fingerprint density at radius 2 is 2.33 bits per heavy atom. The molecule has 1 nitrogen and oxygen atoms in total. The highest BCUT2D eigenvalue weighted by Gasteiger charge is 1.90. The van der Waals surface area contributed by atoms with E-state index in [1.54, 1.807) is 7.11 Å². The van der Waals surface area contributed by atoms with Crippen LogP contribution in [0.5, 0.6) is 0 Å². The van der Waals surface area contributed by atoms with E-state index >= 15 is 0 Å². The fourth-order valence-electron chi connectivity index (χ4n) is 0.0630. The Hall–Kier alpha value is 0.440. The first-order valence-corrected chi connectivity index (χ1v) is 3.02. The summed E-state index contributed by atoms with van der Waals surface area (Å²) in [6.45, 7) is 2.01. The Labute approximate surface area is 46.8 Å². The lowest BCUT2D eigenvalue weighted by molar-refractivity contribution is 0.139. The van der Waals surface area contributed by atoms with Crippen molar-refractivity contribution in [3.05, 3.63) is 0 Å². The first-order valence-electron chi connectivity index (χ1n) is 1.90. The number of hydrogen-bond donors (Lipinski definition) is 0. The standard InChI is InChI=1S/C4H9BrO/c1-4(3-5)6-2/h4H,3H2,1-2H3/t4-/m0/s1. The van der Waals surface area contributed by atoms with Crippen molar-refractivity contribution in [2.24, 2.45) is 0 Å². The van der Waals surface area contributed by atoms with Crippen molar-refractivity contribution in [2.45, 2.75) is 13.0 Å². The van der Waals surface area contributed by atoms with Crippen molar-refractivity contribution >= 4 is 15.9 Å². The summed E-state index contributed by atoms with van der Waals surface area (Å²) in [5, 5.41) is 0.920. The summed E-state index contributed by atoms with van der Waals surface area (Å²) in [4.78, 5) is 0. The summed E-state index contributed by atoms with van der Waals surface area (Å²) in [6.07, 6.45) is 0.352. The summed E-state index contributed by atoms with van der Waals surface area (Å²) >= 11 is 3.25. The summed E-state index contributed by atoms with van der Waals surface area (Å²) in [5.41, 5.74) is 0. The van der Waals surface area contributed by atoms with Crippen molar-refractivity contribution in [1.29, 1.82) is 0 Å². The van der Waals surface area contributed by atoms with Crippen LogP contribution in [-0.2, 0) is 4.74 Å². The van der Waals surface area contributed by atoms with Crippen LogP contribution >= 0.6 is 15.9 Å². The Morgan fingerprint density at radius 3 is 2.33 bits per heavy atom. The molecule has 0 aliphatic heterocycles. The monoisotopic (exact) mass is 152 g/mol. The van der Waals surface area contributed by atoms with Gasteiger partial charge in [-0.3, -0.25) is 0 Å². The number of methoxy groups -OCH3 is 1. The molecule has 0 spiro atoms. The molecule has 0 N–H and O–H groups in total. The molecule has 0 radical (unpaired) electrons. The predicted octanol–water partition coefficient (Wildman–Crippen LogP) is 1.42. The third-order valence-corrected chi connectivity index (χ3v) is 1.53. The minimum Gasteiger partial charge on any atom is -0.381 e. The maximum absolute atomic E-state index is 4.85. The molecule has 0 unspecified atom stereocenters. The molecule has 0 amide bonds. The molecule has 2 heteroatoms. The minimum atomic E-state index is 0.352. The topological polar surface area (TPSA) is 9.23 Å². The van der Waals surface area contributed by atoms with Crippen molar-refractivity contribution < 1.29 is 4.74 Å². The highest BCUT2D eigenvalue weighted by Crippen LogP contribution is 1.90. The van der Waals surface area contributed by atoms with Gasteiger partial charge in [-0.1, -0.05) is 15.9 Å². The molecule has 0 aromatic rings. The van der Waals surface area contributed by atoms with Gasteiger partial charge in [0.2, 0.25) is 0 Å². The molecule has 6 heavy (non-hydrogen) atoms. The van der Waals surface area contributed by atoms with Crippen molar-refractivity contribution in [3.8, 4) is 0 Å². The summed E-state index contributed by atoms with van der Waals surface area (Å²) in [5.74, 6) is 0. The van der Waals surface area contributed by atoms with Crippen molar-refractivity contribution in [1.82, 2.24) is 0 Å². The molecule has 0 aromatic carbocycles. The Kier molecular flexibility index (Phi) is 3.89. The minimum absolute atomic E-state index is 0.352. The van der Waals surface area contributed by atoms with E-state index in [2.05, 4.69) is 15.9 Å². The van der Waals surface area contributed by atoms with E-state index < -0.39 is 0 Å². The Bertz CT molecular complexity index is 26.7. The predicted molar refractivity (Wildman–Crippen MR) is 30.3 cm³/mol. The van der Waals surface area contributed by atoms with Crippen molar-refractivity contribution in [3.63, 3.8) is 0 Å². The van der Waals surface area contributed by atoms with E-state index in [0.717, 1.165) is 5.33 Å². The van der Waals surface area contributed by atoms with Crippen LogP contribution in [-0.4, -0.2) is 18.5 Å². The summed E-state index contributed by atoms with van der Waals surface area (Å²) in [6, 6.07) is 0. The zero-order chi connectivity index (χ0) is 4.99. The van der Waals surface area contributed by atoms with Gasteiger partial charge in [-0.05, 0) is 6.92 Å². The quantitative estimate of drug-likeness (QED) is 0.545. The van der Waals surface area contributed by atoms with Gasteiger partial charge in [-0.15, -0.1) is 0 Å². The SMILES string of the molecule is CO[C@@H](C)CBr. The summed E-state index contributed by atoms with van der Waals surface area (Å²) in [7, 11) is 1.70. The number of halogens is 1. The molecule has 0 saturated carbocycles. The molecular weight excluding hydrogens is 144 g/mol. The van der Waals surface area contributed by atoms with E-state index in [0.29, 0.717) is 6.10 Å². The second-order valence-electron chi connectivity index (χ2n) is 1.20. The first-order chi connectivity index (χ1) is 2.81. The van der Waals surface area contributed by atoms with E-state index in [4.69, 9.17) is 4.74 Å². The largest absolute Gasteiger partial charge is 0.381 e. The molecule has 0 saturated heterocycles. The van der Waals surface area contributed by atoms with Crippen LogP contribution in [0.25, 0.3) is 0 Å². The molecule has 0 aliphatic carbocycles. The van der Waals surface area contributed by atoms with Gasteiger partial charge in [0.1, 0.15) is 0 Å². The molecular formula is C4H9BrO. The van der Waals surface area contributed by atoms with Crippen LogP contribution in [0.3, 0.4) is 0 Å². The van der Waals surface area contributed by atoms with E-state index in [9.17, 15) is 0 Å². The number of hydrogen-bond acceptors (Lipinski definition) is 1. The molecule has 38 valence electrons. The van der Waals surface area contributed by atoms with Gasteiger partial charge < -0.3 is 4.74 Å². The fourth-order valence-corrected chi connectivity index (χ4v) is 0.327. The highest BCUT2D eigenvalue weighted by molar-refractivity contribution is 9.09. The van der Waals surface area contributed by atoms with E-state index in [-0.39, 0.29) is 0 Å². The number of ether oxygens (including phenoxy) is 1.